The summed E-state index contributed by atoms with van der Waals surface area (Å²) in [5, 5.41) is 12.0. The Labute approximate surface area is 161 Å². The van der Waals surface area contributed by atoms with Crippen molar-refractivity contribution in [2.75, 3.05) is 5.32 Å². The number of nitrogens with zero attached hydrogens (tertiary/aromatic N) is 6. The molecule has 0 aliphatic heterocycles. The molecule has 1 N–H and O–H groups in total. The van der Waals surface area contributed by atoms with E-state index in [2.05, 4.69) is 29.4 Å². The predicted octanol–water partition coefficient (Wildman–Crippen LogP) is 3.31. The van der Waals surface area contributed by atoms with E-state index in [0.717, 1.165) is 33.3 Å². The summed E-state index contributed by atoms with van der Waals surface area (Å²) in [6.45, 7) is 4.11. The highest BCUT2D eigenvalue weighted by atomic mass is 35.5. The zero-order chi connectivity index (χ0) is 18.3. The Morgan fingerprint density at radius 2 is 2.15 bits per heavy atom. The maximum Gasteiger partial charge on any atom is 0.279 e. The number of anilines is 1. The van der Waals surface area contributed by atoms with Crippen LogP contribution in [0.4, 0.5) is 5.13 Å². The summed E-state index contributed by atoms with van der Waals surface area (Å²) in [6, 6.07) is 5.39. The average molecular weight is 406 g/mol. The van der Waals surface area contributed by atoms with Crippen LogP contribution in [-0.4, -0.2) is 34.6 Å². The van der Waals surface area contributed by atoms with Crippen LogP contribution in [0.25, 0.3) is 10.2 Å². The normalized spacial score (nSPS) is 11.2. The highest BCUT2D eigenvalue weighted by Crippen LogP contribution is 2.28. The third-order valence-electron chi connectivity index (χ3n) is 3.81. The molecular weight excluding hydrogens is 394 g/mol. The van der Waals surface area contributed by atoms with Crippen molar-refractivity contribution in [2.45, 2.75) is 20.4 Å². The first kappa shape index (κ1) is 17.0. The first-order chi connectivity index (χ1) is 12.5. The molecule has 0 spiro atoms. The molecule has 1 amide bonds. The number of carbonyl (C=O) groups excluding carboxylic acids is 1. The zero-order valence-electron chi connectivity index (χ0n) is 13.7. The lowest BCUT2D eigenvalue weighted by molar-refractivity contribution is 0.102. The minimum atomic E-state index is -0.355. The topological polar surface area (TPSA) is 98.5 Å². The molecule has 0 aliphatic rings. The molecule has 0 bridgehead atoms. The largest absolute Gasteiger partial charge is 0.296 e. The zero-order valence-corrected chi connectivity index (χ0v) is 16.1. The van der Waals surface area contributed by atoms with E-state index in [0.29, 0.717) is 22.4 Å². The van der Waals surface area contributed by atoms with E-state index in [-0.39, 0.29) is 11.6 Å². The van der Waals surface area contributed by atoms with Crippen LogP contribution in [0.5, 0.6) is 0 Å². The fourth-order valence-corrected chi connectivity index (χ4v) is 4.06. The number of nitrogens with one attached hydrogen (secondary N) is 1. The van der Waals surface area contributed by atoms with Crippen molar-refractivity contribution in [3.05, 3.63) is 46.0 Å². The van der Waals surface area contributed by atoms with Crippen molar-refractivity contribution in [3.8, 4) is 0 Å². The van der Waals surface area contributed by atoms with Crippen LogP contribution in [0, 0.1) is 13.8 Å². The van der Waals surface area contributed by atoms with Gasteiger partial charge in [-0.3, -0.25) is 10.1 Å². The summed E-state index contributed by atoms with van der Waals surface area (Å²) in [5.74, 6) is -0.355. The molecule has 4 rings (SSSR count). The van der Waals surface area contributed by atoms with Crippen LogP contribution in [-0.2, 0) is 6.54 Å². The van der Waals surface area contributed by atoms with Crippen LogP contribution in [0.1, 0.15) is 27.6 Å². The molecule has 0 aliphatic carbocycles. The molecule has 3 heterocycles. The number of hydrogen-bond acceptors (Lipinski definition) is 8. The van der Waals surface area contributed by atoms with Gasteiger partial charge in [-0.1, -0.05) is 28.2 Å². The fourth-order valence-electron chi connectivity index (χ4n) is 2.36. The standard InChI is InChI=1S/C15H12ClN7OS2/c1-7-11(21-26-20-7)6-23-8(2)13(19-22-23)14(24)18-15-17-10-4-3-9(16)5-12(10)25-15/h3-5H,6H2,1-2H3,(H,17,18,24). The van der Waals surface area contributed by atoms with Gasteiger partial charge in [0.15, 0.2) is 10.8 Å². The third-order valence-corrected chi connectivity index (χ3v) is 5.64. The van der Waals surface area contributed by atoms with Crippen LogP contribution < -0.4 is 5.32 Å². The molecule has 0 saturated heterocycles. The third kappa shape index (κ3) is 3.18. The van der Waals surface area contributed by atoms with Crippen molar-refractivity contribution in [1.82, 2.24) is 28.7 Å². The van der Waals surface area contributed by atoms with Gasteiger partial charge in [-0.15, -0.1) is 5.10 Å². The van der Waals surface area contributed by atoms with E-state index in [1.807, 2.05) is 19.1 Å². The van der Waals surface area contributed by atoms with E-state index in [1.165, 1.54) is 11.3 Å². The van der Waals surface area contributed by atoms with Gasteiger partial charge in [0.1, 0.15) is 0 Å². The number of benzene rings is 1. The Kier molecular flexibility index (Phi) is 4.39. The molecule has 132 valence electrons. The number of fused-ring (bicyclic) bond motifs is 1. The van der Waals surface area contributed by atoms with Crippen molar-refractivity contribution in [2.24, 2.45) is 0 Å². The molecule has 3 aromatic heterocycles. The van der Waals surface area contributed by atoms with E-state index >= 15 is 0 Å². The molecule has 0 atom stereocenters. The molecule has 0 saturated carbocycles. The highest BCUT2D eigenvalue weighted by Gasteiger charge is 2.19. The quantitative estimate of drug-likeness (QED) is 0.559. The minimum absolute atomic E-state index is 0.253. The summed E-state index contributed by atoms with van der Waals surface area (Å²) >= 11 is 8.49. The highest BCUT2D eigenvalue weighted by molar-refractivity contribution is 7.22. The summed E-state index contributed by atoms with van der Waals surface area (Å²) in [5.41, 5.74) is 3.35. The number of aryl methyl sites for hydroxylation is 1. The lowest BCUT2D eigenvalue weighted by Crippen LogP contribution is -2.14. The van der Waals surface area contributed by atoms with Gasteiger partial charge in [0, 0.05) is 5.02 Å². The first-order valence-corrected chi connectivity index (χ1v) is 9.49. The van der Waals surface area contributed by atoms with Crippen molar-refractivity contribution in [3.63, 3.8) is 0 Å². The van der Waals surface area contributed by atoms with E-state index < -0.39 is 0 Å². The van der Waals surface area contributed by atoms with Crippen LogP contribution in [0.15, 0.2) is 18.2 Å². The lowest BCUT2D eigenvalue weighted by Gasteiger charge is -2.02. The average Bonchev–Trinajstić information content (AvgIpc) is 3.28. The molecular formula is C15H12ClN7OS2. The Bertz CT molecular complexity index is 1120. The second kappa shape index (κ2) is 6.71. The monoisotopic (exact) mass is 405 g/mol. The number of aromatic nitrogens is 6. The van der Waals surface area contributed by atoms with Crippen molar-refractivity contribution >= 4 is 55.9 Å². The molecule has 0 radical (unpaired) electrons. The van der Waals surface area contributed by atoms with Crippen LogP contribution in [0.3, 0.4) is 0 Å². The Hall–Kier alpha value is -2.43. The fraction of sp³-hybridized carbons (Fsp3) is 0.200. The van der Waals surface area contributed by atoms with Crippen molar-refractivity contribution < 1.29 is 4.79 Å². The number of halogens is 1. The molecule has 0 fully saturated rings. The molecule has 0 unspecified atom stereocenters. The van der Waals surface area contributed by atoms with Gasteiger partial charge in [-0.25, -0.2) is 9.67 Å². The Morgan fingerprint density at radius 1 is 1.31 bits per heavy atom. The van der Waals surface area contributed by atoms with Gasteiger partial charge in [-0.2, -0.15) is 8.75 Å². The molecule has 1 aromatic carbocycles. The number of thiazole rings is 1. The molecule has 11 heteroatoms. The summed E-state index contributed by atoms with van der Waals surface area (Å²) in [7, 11) is 0. The smallest absolute Gasteiger partial charge is 0.279 e. The van der Waals surface area contributed by atoms with Gasteiger partial charge in [0.2, 0.25) is 0 Å². The Morgan fingerprint density at radius 3 is 2.92 bits per heavy atom. The van der Waals surface area contributed by atoms with Gasteiger partial charge in [0.05, 0.1) is 45.6 Å². The first-order valence-electron chi connectivity index (χ1n) is 7.57. The number of amides is 1. The van der Waals surface area contributed by atoms with Gasteiger partial charge >= 0.3 is 0 Å². The second-order valence-electron chi connectivity index (χ2n) is 5.56. The van der Waals surface area contributed by atoms with E-state index in [1.54, 1.807) is 17.7 Å². The van der Waals surface area contributed by atoms with Gasteiger partial charge in [-0.05, 0) is 32.0 Å². The van der Waals surface area contributed by atoms with Gasteiger partial charge in [0.25, 0.3) is 5.91 Å². The molecule has 8 nitrogen and oxygen atoms in total. The maximum absolute atomic E-state index is 12.5. The molecule has 4 aromatic rings. The van der Waals surface area contributed by atoms with Crippen LogP contribution >= 0.6 is 34.7 Å². The number of rotatable bonds is 4. The lowest BCUT2D eigenvalue weighted by atomic mass is 10.3. The Balaban J connectivity index is 1.55. The summed E-state index contributed by atoms with van der Waals surface area (Å²) in [6.07, 6.45) is 0. The van der Waals surface area contributed by atoms with E-state index in [9.17, 15) is 4.79 Å². The molecule has 26 heavy (non-hydrogen) atoms. The predicted molar refractivity (Wildman–Crippen MR) is 101 cm³/mol. The minimum Gasteiger partial charge on any atom is -0.296 e. The van der Waals surface area contributed by atoms with Gasteiger partial charge < -0.3 is 0 Å². The maximum atomic E-state index is 12.5. The van der Waals surface area contributed by atoms with Crippen LogP contribution in [0.2, 0.25) is 5.02 Å². The number of carbonyl (C=O) groups is 1. The van der Waals surface area contributed by atoms with Crippen molar-refractivity contribution in [1.29, 1.82) is 0 Å². The SMILES string of the molecule is Cc1nsnc1Cn1nnc(C(=O)Nc2nc3ccc(Cl)cc3s2)c1C. The van der Waals surface area contributed by atoms with E-state index in [4.69, 9.17) is 11.6 Å². The second-order valence-corrected chi connectivity index (χ2v) is 7.56. The summed E-state index contributed by atoms with van der Waals surface area (Å²) < 4.78 is 10.9. The number of hydrogen-bond donors (Lipinski definition) is 1. The summed E-state index contributed by atoms with van der Waals surface area (Å²) in [4.78, 5) is 16.9.